The second-order valence-corrected chi connectivity index (χ2v) is 2.29. The number of hydrogen-bond acceptors (Lipinski definition) is 1. The van der Waals surface area contributed by atoms with Gasteiger partial charge in [-0.3, -0.25) is 0 Å². The third-order valence-corrected chi connectivity index (χ3v) is 1.17. The van der Waals surface area contributed by atoms with Crippen molar-refractivity contribution >= 4 is 0 Å². The summed E-state index contributed by atoms with van der Waals surface area (Å²) in [5, 5.41) is 0. The normalized spacial score (nSPS) is 12.5. The number of unbranched alkanes of at least 4 members (excludes halogenated alkanes) is 2. The molecule has 0 rings (SSSR count). The van der Waals surface area contributed by atoms with Crippen LogP contribution in [0.5, 0.6) is 0 Å². The van der Waals surface area contributed by atoms with Gasteiger partial charge in [0.05, 0.1) is 6.61 Å². The molecule has 0 aromatic heterocycles. The topological polar surface area (TPSA) is 9.23 Å². The molecule has 0 amide bonds. The van der Waals surface area contributed by atoms with Crippen LogP contribution < -0.4 is 0 Å². The standard InChI is InChI=1S/C7H11F4O/c1-2-3-4-5-12-7(10,11)6(8)9/h5-6H,2-4H2,1H3. The van der Waals surface area contributed by atoms with E-state index in [1.165, 1.54) is 0 Å². The molecule has 0 aliphatic heterocycles. The third kappa shape index (κ3) is 4.54. The molecule has 0 unspecified atom stereocenters. The summed E-state index contributed by atoms with van der Waals surface area (Å²) >= 11 is 0. The van der Waals surface area contributed by atoms with Gasteiger partial charge in [0.15, 0.2) is 0 Å². The molecule has 5 heteroatoms. The molecular weight excluding hydrogens is 176 g/mol. The maximum atomic E-state index is 12.0. The first-order valence-corrected chi connectivity index (χ1v) is 3.66. The highest BCUT2D eigenvalue weighted by Gasteiger charge is 2.42. The fourth-order valence-electron chi connectivity index (χ4n) is 0.509. The molecule has 0 spiro atoms. The van der Waals surface area contributed by atoms with Crippen LogP contribution in [0, 0.1) is 6.61 Å². The Hall–Kier alpha value is -0.320. The molecule has 0 heterocycles. The lowest BCUT2D eigenvalue weighted by molar-refractivity contribution is -0.286. The van der Waals surface area contributed by atoms with Crippen LogP contribution in [0.2, 0.25) is 0 Å². The highest BCUT2D eigenvalue weighted by atomic mass is 19.3. The van der Waals surface area contributed by atoms with E-state index in [1.54, 1.807) is 0 Å². The Labute approximate surface area is 68.7 Å². The number of ether oxygens (including phenoxy) is 1. The lowest BCUT2D eigenvalue weighted by Crippen LogP contribution is -2.28. The summed E-state index contributed by atoms with van der Waals surface area (Å²) < 4.78 is 50.4. The van der Waals surface area contributed by atoms with Crippen molar-refractivity contribution < 1.29 is 22.3 Å². The van der Waals surface area contributed by atoms with Gasteiger partial charge >= 0.3 is 12.5 Å². The van der Waals surface area contributed by atoms with Gasteiger partial charge in [-0.2, -0.15) is 8.78 Å². The predicted octanol–water partition coefficient (Wildman–Crippen LogP) is 3.21. The minimum Gasteiger partial charge on any atom is -0.310 e. The summed E-state index contributed by atoms with van der Waals surface area (Å²) in [5.74, 6) is 0. The lowest BCUT2D eigenvalue weighted by atomic mass is 10.3. The molecule has 1 nitrogen and oxygen atoms in total. The van der Waals surface area contributed by atoms with Crippen molar-refractivity contribution in [3.05, 3.63) is 6.61 Å². The number of hydrogen-bond donors (Lipinski definition) is 0. The molecule has 0 aromatic carbocycles. The Bertz CT molecular complexity index is 116. The minimum atomic E-state index is -4.34. The van der Waals surface area contributed by atoms with Crippen LogP contribution in [0.15, 0.2) is 0 Å². The number of alkyl halides is 4. The second kappa shape index (κ2) is 5.35. The smallest absolute Gasteiger partial charge is 0.310 e. The molecule has 0 aliphatic carbocycles. The monoisotopic (exact) mass is 187 g/mol. The van der Waals surface area contributed by atoms with Crippen molar-refractivity contribution in [2.45, 2.75) is 38.7 Å². The predicted molar refractivity (Wildman–Crippen MR) is 35.9 cm³/mol. The van der Waals surface area contributed by atoms with E-state index >= 15 is 0 Å². The Morgan fingerprint density at radius 1 is 1.42 bits per heavy atom. The average molecular weight is 187 g/mol. The highest BCUT2D eigenvalue weighted by molar-refractivity contribution is 4.60. The summed E-state index contributed by atoms with van der Waals surface area (Å²) in [6.07, 6.45) is -6.39. The molecule has 0 bridgehead atoms. The summed E-state index contributed by atoms with van der Waals surface area (Å²) in [5.41, 5.74) is 0. The molecule has 0 N–H and O–H groups in total. The zero-order valence-electron chi connectivity index (χ0n) is 6.70. The van der Waals surface area contributed by atoms with Crippen molar-refractivity contribution in [2.75, 3.05) is 0 Å². The molecule has 12 heavy (non-hydrogen) atoms. The van der Waals surface area contributed by atoms with Gasteiger partial charge in [0.2, 0.25) is 0 Å². The van der Waals surface area contributed by atoms with Crippen molar-refractivity contribution in [3.63, 3.8) is 0 Å². The molecule has 1 radical (unpaired) electrons. The van der Waals surface area contributed by atoms with E-state index < -0.39 is 12.5 Å². The molecular formula is C7H11F4O. The number of rotatable bonds is 6. The Morgan fingerprint density at radius 3 is 2.42 bits per heavy atom. The van der Waals surface area contributed by atoms with E-state index in [4.69, 9.17) is 0 Å². The largest absolute Gasteiger partial charge is 0.416 e. The molecule has 0 aromatic rings. The fourth-order valence-corrected chi connectivity index (χ4v) is 0.509. The van der Waals surface area contributed by atoms with Gasteiger partial charge in [-0.1, -0.05) is 19.8 Å². The van der Waals surface area contributed by atoms with Gasteiger partial charge in [0.1, 0.15) is 0 Å². The van der Waals surface area contributed by atoms with Gasteiger partial charge < -0.3 is 4.74 Å². The summed E-state index contributed by atoms with van der Waals surface area (Å²) in [6, 6.07) is 0. The SMILES string of the molecule is CCCC[CH]OC(F)(F)C(F)F. The quantitative estimate of drug-likeness (QED) is 0.458. The van der Waals surface area contributed by atoms with Gasteiger partial charge in [-0.05, 0) is 6.42 Å². The Balaban J connectivity index is 3.47. The number of halogens is 4. The molecule has 0 aliphatic rings. The second-order valence-electron chi connectivity index (χ2n) is 2.29. The van der Waals surface area contributed by atoms with Crippen LogP contribution in [0.4, 0.5) is 17.6 Å². The van der Waals surface area contributed by atoms with Crippen LogP contribution in [0.3, 0.4) is 0 Å². The maximum Gasteiger partial charge on any atom is 0.416 e. The van der Waals surface area contributed by atoms with Gasteiger partial charge in [-0.25, -0.2) is 8.78 Å². The first-order chi connectivity index (χ1) is 5.50. The van der Waals surface area contributed by atoms with Gasteiger partial charge in [-0.15, -0.1) is 0 Å². The van der Waals surface area contributed by atoms with Crippen LogP contribution in [0.1, 0.15) is 26.2 Å². The van der Waals surface area contributed by atoms with Crippen molar-refractivity contribution in [2.24, 2.45) is 0 Å². The lowest BCUT2D eigenvalue weighted by Gasteiger charge is -2.14. The fraction of sp³-hybridized carbons (Fsp3) is 0.857. The Morgan fingerprint density at radius 2 is 2.00 bits per heavy atom. The third-order valence-electron chi connectivity index (χ3n) is 1.17. The van der Waals surface area contributed by atoms with E-state index in [0.29, 0.717) is 6.42 Å². The summed E-state index contributed by atoms with van der Waals surface area (Å²) in [6.45, 7) is 2.59. The van der Waals surface area contributed by atoms with Crippen LogP contribution >= 0.6 is 0 Å². The summed E-state index contributed by atoms with van der Waals surface area (Å²) in [7, 11) is 0. The Kier molecular flexibility index (Phi) is 5.20. The zero-order valence-corrected chi connectivity index (χ0v) is 6.70. The molecule has 0 atom stereocenters. The van der Waals surface area contributed by atoms with E-state index in [-0.39, 0.29) is 6.42 Å². The van der Waals surface area contributed by atoms with Crippen molar-refractivity contribution in [3.8, 4) is 0 Å². The van der Waals surface area contributed by atoms with Gasteiger partial charge in [0, 0.05) is 0 Å². The minimum absolute atomic E-state index is 0.263. The zero-order chi connectivity index (χ0) is 9.61. The average Bonchev–Trinajstić information content (AvgIpc) is 1.98. The first kappa shape index (κ1) is 11.7. The van der Waals surface area contributed by atoms with E-state index in [2.05, 4.69) is 4.74 Å². The van der Waals surface area contributed by atoms with Gasteiger partial charge in [0.25, 0.3) is 0 Å². The highest BCUT2D eigenvalue weighted by Crippen LogP contribution is 2.25. The van der Waals surface area contributed by atoms with Crippen LogP contribution in [0.25, 0.3) is 0 Å². The van der Waals surface area contributed by atoms with E-state index in [1.807, 2.05) is 6.92 Å². The van der Waals surface area contributed by atoms with E-state index in [9.17, 15) is 17.6 Å². The van der Waals surface area contributed by atoms with Crippen molar-refractivity contribution in [1.82, 2.24) is 0 Å². The molecule has 73 valence electrons. The van der Waals surface area contributed by atoms with Crippen molar-refractivity contribution in [1.29, 1.82) is 0 Å². The maximum absolute atomic E-state index is 12.0. The molecule has 0 saturated heterocycles. The first-order valence-electron chi connectivity index (χ1n) is 3.66. The molecule has 0 fully saturated rings. The van der Waals surface area contributed by atoms with Crippen LogP contribution in [-0.2, 0) is 4.74 Å². The van der Waals surface area contributed by atoms with Crippen LogP contribution in [-0.4, -0.2) is 12.5 Å². The van der Waals surface area contributed by atoms with E-state index in [0.717, 1.165) is 13.0 Å². The summed E-state index contributed by atoms with van der Waals surface area (Å²) in [4.78, 5) is 0. The molecule has 0 saturated carbocycles.